The van der Waals surface area contributed by atoms with E-state index in [0.29, 0.717) is 6.04 Å². The van der Waals surface area contributed by atoms with E-state index in [4.69, 9.17) is 9.47 Å². The van der Waals surface area contributed by atoms with Gasteiger partial charge in [-0.25, -0.2) is 0 Å². The first-order chi connectivity index (χ1) is 8.74. The van der Waals surface area contributed by atoms with Crippen molar-refractivity contribution in [3.8, 4) is 11.5 Å². The van der Waals surface area contributed by atoms with E-state index in [1.54, 1.807) is 14.2 Å². The molecule has 0 bridgehead atoms. The molecule has 0 heterocycles. The van der Waals surface area contributed by atoms with Crippen molar-refractivity contribution in [2.24, 2.45) is 5.92 Å². The third kappa shape index (κ3) is 3.39. The van der Waals surface area contributed by atoms with Gasteiger partial charge in [0, 0.05) is 6.04 Å². The Morgan fingerprint density at radius 3 is 2.56 bits per heavy atom. The predicted molar refractivity (Wildman–Crippen MR) is 73.4 cm³/mol. The highest BCUT2D eigenvalue weighted by Gasteiger charge is 2.27. The first kappa shape index (κ1) is 13.2. The summed E-state index contributed by atoms with van der Waals surface area (Å²) in [6.07, 6.45) is 3.81. The average Bonchev–Trinajstić information content (AvgIpc) is 3.22. The maximum absolute atomic E-state index is 5.31. The Balaban J connectivity index is 1.84. The van der Waals surface area contributed by atoms with Crippen molar-refractivity contribution < 1.29 is 9.47 Å². The van der Waals surface area contributed by atoms with E-state index in [2.05, 4.69) is 24.4 Å². The molecule has 0 spiro atoms. The van der Waals surface area contributed by atoms with Crippen LogP contribution in [0.3, 0.4) is 0 Å². The van der Waals surface area contributed by atoms with Gasteiger partial charge in [0.05, 0.1) is 14.2 Å². The van der Waals surface area contributed by atoms with Gasteiger partial charge in [-0.1, -0.05) is 6.07 Å². The molecule has 1 N–H and O–H groups in total. The van der Waals surface area contributed by atoms with Gasteiger partial charge >= 0.3 is 0 Å². The monoisotopic (exact) mass is 249 g/mol. The van der Waals surface area contributed by atoms with Crippen molar-refractivity contribution in [2.75, 3.05) is 20.8 Å². The Labute approximate surface area is 109 Å². The number of rotatable bonds is 7. The summed E-state index contributed by atoms with van der Waals surface area (Å²) in [5.74, 6) is 2.52. The number of methoxy groups -OCH3 is 2. The van der Waals surface area contributed by atoms with Crippen LogP contribution in [0.25, 0.3) is 0 Å². The summed E-state index contributed by atoms with van der Waals surface area (Å²) in [6.45, 7) is 3.30. The minimum Gasteiger partial charge on any atom is -0.493 e. The Kier molecular flexibility index (Phi) is 4.48. The second-order valence-corrected chi connectivity index (χ2v) is 5.02. The zero-order valence-electron chi connectivity index (χ0n) is 11.5. The maximum atomic E-state index is 5.31. The van der Waals surface area contributed by atoms with Crippen molar-refractivity contribution in [3.05, 3.63) is 23.8 Å². The van der Waals surface area contributed by atoms with Crippen LogP contribution in [-0.4, -0.2) is 26.8 Å². The molecule has 3 nitrogen and oxygen atoms in total. The minimum atomic E-state index is 0.658. The van der Waals surface area contributed by atoms with Crippen LogP contribution in [0.15, 0.2) is 18.2 Å². The lowest BCUT2D eigenvalue weighted by atomic mass is 10.1. The maximum Gasteiger partial charge on any atom is 0.160 e. The smallest absolute Gasteiger partial charge is 0.160 e. The molecule has 0 saturated heterocycles. The lowest BCUT2D eigenvalue weighted by Crippen LogP contribution is -2.29. The molecule has 18 heavy (non-hydrogen) atoms. The molecule has 3 heteroatoms. The van der Waals surface area contributed by atoms with Crippen LogP contribution >= 0.6 is 0 Å². The lowest BCUT2D eigenvalue weighted by molar-refractivity contribution is 0.354. The molecule has 1 aromatic rings. The van der Waals surface area contributed by atoms with E-state index in [9.17, 15) is 0 Å². The van der Waals surface area contributed by atoms with Crippen LogP contribution in [0.5, 0.6) is 11.5 Å². The summed E-state index contributed by atoms with van der Waals surface area (Å²) in [5.41, 5.74) is 1.28. The second-order valence-electron chi connectivity index (χ2n) is 5.02. The van der Waals surface area contributed by atoms with Crippen LogP contribution < -0.4 is 14.8 Å². The highest BCUT2D eigenvalue weighted by atomic mass is 16.5. The highest BCUT2D eigenvalue weighted by molar-refractivity contribution is 5.42. The topological polar surface area (TPSA) is 30.5 Å². The zero-order chi connectivity index (χ0) is 13.0. The molecule has 0 aromatic heterocycles. The zero-order valence-corrected chi connectivity index (χ0v) is 11.5. The van der Waals surface area contributed by atoms with Crippen molar-refractivity contribution in [2.45, 2.75) is 32.2 Å². The van der Waals surface area contributed by atoms with E-state index < -0.39 is 0 Å². The van der Waals surface area contributed by atoms with E-state index in [1.165, 1.54) is 18.4 Å². The van der Waals surface area contributed by atoms with Gasteiger partial charge in [-0.3, -0.25) is 0 Å². The van der Waals surface area contributed by atoms with Crippen molar-refractivity contribution in [1.29, 1.82) is 0 Å². The molecule has 1 atom stereocenters. The van der Waals surface area contributed by atoms with Crippen LogP contribution in [0.2, 0.25) is 0 Å². The number of ether oxygens (including phenoxy) is 2. The molecule has 0 aliphatic heterocycles. The molecule has 0 radical (unpaired) electrons. The lowest BCUT2D eigenvalue weighted by Gasteiger charge is -2.13. The van der Waals surface area contributed by atoms with Gasteiger partial charge in [-0.2, -0.15) is 0 Å². The van der Waals surface area contributed by atoms with Gasteiger partial charge in [0.2, 0.25) is 0 Å². The molecule has 1 aromatic carbocycles. The summed E-state index contributed by atoms with van der Waals surface area (Å²) in [5, 5.41) is 3.59. The second kappa shape index (κ2) is 6.10. The highest BCUT2D eigenvalue weighted by Crippen LogP contribution is 2.32. The van der Waals surface area contributed by atoms with Crippen LogP contribution in [0.4, 0.5) is 0 Å². The molecular formula is C15H23NO2. The van der Waals surface area contributed by atoms with Crippen LogP contribution in [0.1, 0.15) is 25.3 Å². The molecule has 1 aliphatic carbocycles. The molecule has 0 amide bonds. The largest absolute Gasteiger partial charge is 0.493 e. The fourth-order valence-corrected chi connectivity index (χ4v) is 2.24. The number of hydrogen-bond acceptors (Lipinski definition) is 3. The standard InChI is InChI=1S/C15H23NO2/c1-11(13-5-6-13)16-9-8-12-4-7-14(17-2)15(10-12)18-3/h4,7,10-11,13,16H,5-6,8-9H2,1-3H3. The molecule has 100 valence electrons. The first-order valence-corrected chi connectivity index (χ1v) is 6.69. The average molecular weight is 249 g/mol. The molecule has 2 rings (SSSR count). The van der Waals surface area contributed by atoms with E-state index in [0.717, 1.165) is 30.4 Å². The van der Waals surface area contributed by atoms with Crippen LogP contribution in [-0.2, 0) is 6.42 Å². The van der Waals surface area contributed by atoms with Crippen molar-refractivity contribution in [3.63, 3.8) is 0 Å². The Morgan fingerprint density at radius 1 is 1.22 bits per heavy atom. The first-order valence-electron chi connectivity index (χ1n) is 6.69. The van der Waals surface area contributed by atoms with E-state index >= 15 is 0 Å². The fraction of sp³-hybridized carbons (Fsp3) is 0.600. The van der Waals surface area contributed by atoms with Gasteiger partial charge in [0.1, 0.15) is 0 Å². The summed E-state index contributed by atoms with van der Waals surface area (Å²) in [6, 6.07) is 6.79. The Hall–Kier alpha value is -1.22. The summed E-state index contributed by atoms with van der Waals surface area (Å²) >= 11 is 0. The van der Waals surface area contributed by atoms with Gasteiger partial charge < -0.3 is 14.8 Å². The van der Waals surface area contributed by atoms with Crippen LogP contribution in [0, 0.1) is 5.92 Å². The quantitative estimate of drug-likeness (QED) is 0.806. The molecule has 1 unspecified atom stereocenters. The number of nitrogens with one attached hydrogen (secondary N) is 1. The fourth-order valence-electron chi connectivity index (χ4n) is 2.24. The van der Waals surface area contributed by atoms with E-state index in [-0.39, 0.29) is 0 Å². The third-order valence-corrected chi connectivity index (χ3v) is 3.66. The molecule has 1 fully saturated rings. The molecular weight excluding hydrogens is 226 g/mol. The SMILES string of the molecule is COc1ccc(CCNC(C)C2CC2)cc1OC. The van der Waals surface area contributed by atoms with Gasteiger partial charge in [0.25, 0.3) is 0 Å². The summed E-state index contributed by atoms with van der Waals surface area (Å²) in [7, 11) is 3.34. The van der Waals surface area contributed by atoms with Gasteiger partial charge in [0.15, 0.2) is 11.5 Å². The van der Waals surface area contributed by atoms with E-state index in [1.807, 2.05) is 6.07 Å². The number of hydrogen-bond donors (Lipinski definition) is 1. The Morgan fingerprint density at radius 2 is 1.94 bits per heavy atom. The molecule has 1 saturated carbocycles. The number of benzene rings is 1. The predicted octanol–water partition coefficient (Wildman–Crippen LogP) is 2.63. The third-order valence-electron chi connectivity index (χ3n) is 3.66. The Bertz CT molecular complexity index is 388. The summed E-state index contributed by atoms with van der Waals surface area (Å²) in [4.78, 5) is 0. The van der Waals surface area contributed by atoms with Gasteiger partial charge in [-0.15, -0.1) is 0 Å². The van der Waals surface area contributed by atoms with Gasteiger partial charge in [-0.05, 0) is 56.3 Å². The molecule has 1 aliphatic rings. The van der Waals surface area contributed by atoms with Crippen molar-refractivity contribution >= 4 is 0 Å². The summed E-state index contributed by atoms with van der Waals surface area (Å²) < 4.78 is 10.5. The minimum absolute atomic E-state index is 0.658. The van der Waals surface area contributed by atoms with Crippen molar-refractivity contribution in [1.82, 2.24) is 5.32 Å². The normalized spacial score (nSPS) is 16.4.